The predicted molar refractivity (Wildman–Crippen MR) is 45.5 cm³/mol. The van der Waals surface area contributed by atoms with Crippen molar-refractivity contribution in [3.05, 3.63) is 29.3 Å². The van der Waals surface area contributed by atoms with Crippen LogP contribution in [0, 0.1) is 13.8 Å². The molecular weight excluding hydrogens is 122 g/mol. The average Bonchev–Trinajstić information content (AvgIpc) is 1.94. The van der Waals surface area contributed by atoms with Crippen LogP contribution in [0.1, 0.15) is 11.1 Å². The van der Waals surface area contributed by atoms with E-state index in [1.807, 2.05) is 7.05 Å². The lowest BCUT2D eigenvalue weighted by atomic mass is 10.1. The van der Waals surface area contributed by atoms with Crippen LogP contribution < -0.4 is 5.32 Å². The molecule has 1 aromatic rings. The van der Waals surface area contributed by atoms with Gasteiger partial charge in [-0.2, -0.15) is 0 Å². The molecule has 1 N–H and O–H groups in total. The molecular formula is C9H13N. The molecule has 0 bridgehead atoms. The fourth-order valence-corrected chi connectivity index (χ4v) is 1.01. The molecule has 0 amide bonds. The van der Waals surface area contributed by atoms with Gasteiger partial charge in [0, 0.05) is 12.7 Å². The van der Waals surface area contributed by atoms with Crippen LogP contribution in [0.2, 0.25) is 0 Å². The molecule has 10 heavy (non-hydrogen) atoms. The van der Waals surface area contributed by atoms with Gasteiger partial charge >= 0.3 is 0 Å². The molecule has 0 aromatic heterocycles. The van der Waals surface area contributed by atoms with E-state index in [1.165, 1.54) is 16.8 Å². The van der Waals surface area contributed by atoms with Crippen molar-refractivity contribution < 1.29 is 0 Å². The summed E-state index contributed by atoms with van der Waals surface area (Å²) in [5, 5.41) is 3.14. The largest absolute Gasteiger partial charge is 0.388 e. The first-order valence-corrected chi connectivity index (χ1v) is 3.49. The molecule has 0 radical (unpaired) electrons. The fraction of sp³-hybridized carbons (Fsp3) is 0.333. The summed E-state index contributed by atoms with van der Waals surface area (Å²) in [6.07, 6.45) is 0. The monoisotopic (exact) mass is 135 g/mol. The number of aryl methyl sites for hydroxylation is 2. The maximum Gasteiger partial charge on any atom is 0.0369 e. The Bertz CT molecular complexity index is 228. The van der Waals surface area contributed by atoms with Gasteiger partial charge in [-0.3, -0.25) is 0 Å². The molecule has 0 saturated carbocycles. The standard InChI is InChI=1S/C9H13N/c1-7-4-5-8(2)9(6-7)10-3/h4-6,10H,1-3H3. The van der Waals surface area contributed by atoms with E-state index >= 15 is 0 Å². The van der Waals surface area contributed by atoms with Gasteiger partial charge in [0.05, 0.1) is 0 Å². The van der Waals surface area contributed by atoms with E-state index in [-0.39, 0.29) is 0 Å². The Balaban J connectivity index is 3.09. The summed E-state index contributed by atoms with van der Waals surface area (Å²) in [6, 6.07) is 6.40. The minimum absolute atomic E-state index is 1.22. The summed E-state index contributed by atoms with van der Waals surface area (Å²) in [7, 11) is 1.95. The molecule has 1 nitrogen and oxygen atoms in total. The van der Waals surface area contributed by atoms with Crippen molar-refractivity contribution >= 4 is 5.69 Å². The fourth-order valence-electron chi connectivity index (χ4n) is 1.01. The first-order chi connectivity index (χ1) is 4.74. The predicted octanol–water partition coefficient (Wildman–Crippen LogP) is 2.35. The van der Waals surface area contributed by atoms with Crippen LogP contribution in [-0.2, 0) is 0 Å². The Hall–Kier alpha value is -0.980. The Morgan fingerprint density at radius 3 is 2.40 bits per heavy atom. The molecule has 1 heteroatoms. The highest BCUT2D eigenvalue weighted by Crippen LogP contribution is 2.14. The molecule has 54 valence electrons. The van der Waals surface area contributed by atoms with E-state index in [0.717, 1.165) is 0 Å². The Kier molecular flexibility index (Phi) is 1.95. The minimum Gasteiger partial charge on any atom is -0.388 e. The van der Waals surface area contributed by atoms with E-state index in [0.29, 0.717) is 0 Å². The lowest BCUT2D eigenvalue weighted by molar-refractivity contribution is 1.36. The SMILES string of the molecule is CNc1cc(C)ccc1C. The lowest BCUT2D eigenvalue weighted by Crippen LogP contribution is -1.91. The molecule has 0 saturated heterocycles. The van der Waals surface area contributed by atoms with E-state index in [1.54, 1.807) is 0 Å². The van der Waals surface area contributed by atoms with Crippen molar-refractivity contribution in [3.63, 3.8) is 0 Å². The molecule has 0 aliphatic carbocycles. The van der Waals surface area contributed by atoms with Crippen LogP contribution in [0.5, 0.6) is 0 Å². The van der Waals surface area contributed by atoms with Gasteiger partial charge in [-0.1, -0.05) is 12.1 Å². The Morgan fingerprint density at radius 2 is 1.90 bits per heavy atom. The van der Waals surface area contributed by atoms with E-state index < -0.39 is 0 Å². The summed E-state index contributed by atoms with van der Waals surface area (Å²) in [5.74, 6) is 0. The first kappa shape index (κ1) is 7.13. The quantitative estimate of drug-likeness (QED) is 0.623. The minimum atomic E-state index is 1.22. The van der Waals surface area contributed by atoms with E-state index in [9.17, 15) is 0 Å². The molecule has 0 aliphatic rings. The summed E-state index contributed by atoms with van der Waals surface area (Å²) < 4.78 is 0. The van der Waals surface area contributed by atoms with Crippen molar-refractivity contribution in [2.24, 2.45) is 0 Å². The highest BCUT2D eigenvalue weighted by Gasteiger charge is 1.92. The normalized spacial score (nSPS) is 9.50. The zero-order chi connectivity index (χ0) is 7.56. The van der Waals surface area contributed by atoms with Crippen LogP contribution in [0.15, 0.2) is 18.2 Å². The molecule has 1 aromatic carbocycles. The third-order valence-corrected chi connectivity index (χ3v) is 1.66. The molecule has 0 aliphatic heterocycles. The summed E-state index contributed by atoms with van der Waals surface area (Å²) in [6.45, 7) is 4.20. The van der Waals surface area contributed by atoms with Gasteiger partial charge in [0.1, 0.15) is 0 Å². The number of anilines is 1. The van der Waals surface area contributed by atoms with E-state index in [2.05, 4.69) is 37.4 Å². The van der Waals surface area contributed by atoms with Crippen LogP contribution in [0.3, 0.4) is 0 Å². The second-order valence-corrected chi connectivity index (χ2v) is 2.57. The van der Waals surface area contributed by atoms with Gasteiger partial charge < -0.3 is 5.32 Å². The second kappa shape index (κ2) is 2.74. The highest BCUT2D eigenvalue weighted by atomic mass is 14.8. The van der Waals surface area contributed by atoms with Crippen LogP contribution in [0.4, 0.5) is 5.69 Å². The van der Waals surface area contributed by atoms with Crippen LogP contribution in [-0.4, -0.2) is 7.05 Å². The molecule has 0 atom stereocenters. The zero-order valence-corrected chi connectivity index (χ0v) is 6.73. The van der Waals surface area contributed by atoms with Gasteiger partial charge in [-0.05, 0) is 31.0 Å². The molecule has 0 unspecified atom stereocenters. The molecule has 0 heterocycles. The van der Waals surface area contributed by atoms with Crippen molar-refractivity contribution in [2.45, 2.75) is 13.8 Å². The zero-order valence-electron chi connectivity index (χ0n) is 6.73. The number of hydrogen-bond acceptors (Lipinski definition) is 1. The van der Waals surface area contributed by atoms with Crippen LogP contribution >= 0.6 is 0 Å². The third kappa shape index (κ3) is 1.29. The lowest BCUT2D eigenvalue weighted by Gasteiger charge is -2.04. The summed E-state index contributed by atoms with van der Waals surface area (Å²) in [5.41, 5.74) is 3.82. The third-order valence-electron chi connectivity index (χ3n) is 1.66. The van der Waals surface area contributed by atoms with Gasteiger partial charge in [0.25, 0.3) is 0 Å². The number of hydrogen-bond donors (Lipinski definition) is 1. The van der Waals surface area contributed by atoms with E-state index in [4.69, 9.17) is 0 Å². The maximum atomic E-state index is 3.14. The summed E-state index contributed by atoms with van der Waals surface area (Å²) in [4.78, 5) is 0. The van der Waals surface area contributed by atoms with Crippen molar-refractivity contribution in [3.8, 4) is 0 Å². The maximum absolute atomic E-state index is 3.14. The Labute approximate surface area is 62.1 Å². The van der Waals surface area contributed by atoms with Gasteiger partial charge in [-0.15, -0.1) is 0 Å². The smallest absolute Gasteiger partial charge is 0.0369 e. The number of rotatable bonds is 1. The highest BCUT2D eigenvalue weighted by molar-refractivity contribution is 5.51. The summed E-state index contributed by atoms with van der Waals surface area (Å²) >= 11 is 0. The topological polar surface area (TPSA) is 12.0 Å². The number of benzene rings is 1. The average molecular weight is 135 g/mol. The molecule has 1 rings (SSSR count). The van der Waals surface area contributed by atoms with Crippen molar-refractivity contribution in [1.29, 1.82) is 0 Å². The van der Waals surface area contributed by atoms with Crippen molar-refractivity contribution in [1.82, 2.24) is 0 Å². The Morgan fingerprint density at radius 1 is 1.20 bits per heavy atom. The van der Waals surface area contributed by atoms with Gasteiger partial charge in [0.2, 0.25) is 0 Å². The second-order valence-electron chi connectivity index (χ2n) is 2.57. The molecule has 0 fully saturated rings. The van der Waals surface area contributed by atoms with Crippen molar-refractivity contribution in [2.75, 3.05) is 12.4 Å². The van der Waals surface area contributed by atoms with Gasteiger partial charge in [0.15, 0.2) is 0 Å². The van der Waals surface area contributed by atoms with Crippen LogP contribution in [0.25, 0.3) is 0 Å². The number of nitrogens with one attached hydrogen (secondary N) is 1. The first-order valence-electron chi connectivity index (χ1n) is 3.49. The molecule has 0 spiro atoms. The van der Waals surface area contributed by atoms with Gasteiger partial charge in [-0.25, -0.2) is 0 Å².